The molecule has 4 heteroatoms. The fraction of sp³-hybridized carbons (Fsp3) is 0.529. The summed E-state index contributed by atoms with van der Waals surface area (Å²) < 4.78 is 0. The van der Waals surface area contributed by atoms with Crippen LogP contribution < -0.4 is 0 Å². The quantitative estimate of drug-likeness (QED) is 0.738. The van der Waals surface area contributed by atoms with E-state index in [-0.39, 0.29) is 11.8 Å². The SMILES string of the molecule is CCCN(CCC(=O)N(CC)Cc1ccccc1)C(C)=O. The lowest BCUT2D eigenvalue weighted by Crippen LogP contribution is -2.36. The van der Waals surface area contributed by atoms with Gasteiger partial charge in [-0.3, -0.25) is 9.59 Å². The van der Waals surface area contributed by atoms with Crippen molar-refractivity contribution in [3.8, 4) is 0 Å². The molecule has 0 spiro atoms. The first-order valence-corrected chi connectivity index (χ1v) is 7.65. The van der Waals surface area contributed by atoms with Gasteiger partial charge in [0.1, 0.15) is 0 Å². The van der Waals surface area contributed by atoms with Gasteiger partial charge in [-0.05, 0) is 18.9 Å². The maximum atomic E-state index is 12.3. The van der Waals surface area contributed by atoms with E-state index in [1.807, 2.05) is 49.1 Å². The summed E-state index contributed by atoms with van der Waals surface area (Å²) in [6.07, 6.45) is 1.30. The topological polar surface area (TPSA) is 40.6 Å². The third-order valence-electron chi connectivity index (χ3n) is 3.49. The summed E-state index contributed by atoms with van der Waals surface area (Å²) in [5.74, 6) is 0.138. The molecule has 0 heterocycles. The first-order chi connectivity index (χ1) is 10.1. The van der Waals surface area contributed by atoms with Gasteiger partial charge in [0.25, 0.3) is 0 Å². The van der Waals surface area contributed by atoms with Crippen molar-refractivity contribution in [3.63, 3.8) is 0 Å². The van der Waals surface area contributed by atoms with Crippen molar-refractivity contribution >= 4 is 11.8 Å². The Morgan fingerprint density at radius 1 is 1.00 bits per heavy atom. The molecule has 0 aliphatic rings. The zero-order chi connectivity index (χ0) is 15.7. The zero-order valence-corrected chi connectivity index (χ0v) is 13.3. The van der Waals surface area contributed by atoms with Crippen LogP contribution in [0.4, 0.5) is 0 Å². The first kappa shape index (κ1) is 17.2. The van der Waals surface area contributed by atoms with Crippen LogP contribution >= 0.6 is 0 Å². The molecule has 116 valence electrons. The predicted octanol–water partition coefficient (Wildman–Crippen LogP) is 2.68. The lowest BCUT2D eigenvalue weighted by atomic mass is 10.2. The molecule has 0 saturated carbocycles. The van der Waals surface area contributed by atoms with Gasteiger partial charge in [0.05, 0.1) is 0 Å². The minimum atomic E-state index is 0.0377. The van der Waals surface area contributed by atoms with Crippen LogP contribution in [0.3, 0.4) is 0 Å². The van der Waals surface area contributed by atoms with E-state index in [2.05, 4.69) is 0 Å². The fourth-order valence-electron chi connectivity index (χ4n) is 2.27. The van der Waals surface area contributed by atoms with Crippen molar-refractivity contribution in [1.82, 2.24) is 9.80 Å². The highest BCUT2D eigenvalue weighted by Crippen LogP contribution is 2.07. The highest BCUT2D eigenvalue weighted by Gasteiger charge is 2.15. The van der Waals surface area contributed by atoms with Gasteiger partial charge in [-0.25, -0.2) is 0 Å². The fourth-order valence-corrected chi connectivity index (χ4v) is 2.27. The molecule has 0 aliphatic carbocycles. The summed E-state index contributed by atoms with van der Waals surface area (Å²) in [6.45, 7) is 8.11. The zero-order valence-electron chi connectivity index (χ0n) is 13.3. The molecular formula is C17H26N2O2. The van der Waals surface area contributed by atoms with Gasteiger partial charge in [0.15, 0.2) is 0 Å². The summed E-state index contributed by atoms with van der Waals surface area (Å²) in [5.41, 5.74) is 1.13. The van der Waals surface area contributed by atoms with E-state index >= 15 is 0 Å². The number of carbonyl (C=O) groups excluding carboxylic acids is 2. The van der Waals surface area contributed by atoms with Crippen LogP contribution in [0.2, 0.25) is 0 Å². The molecule has 1 aromatic rings. The molecule has 1 rings (SSSR count). The Kier molecular flexibility index (Phi) is 7.51. The Hall–Kier alpha value is -1.84. The molecule has 0 atom stereocenters. The van der Waals surface area contributed by atoms with Crippen molar-refractivity contribution in [2.45, 2.75) is 40.2 Å². The smallest absolute Gasteiger partial charge is 0.224 e. The standard InChI is InChI=1S/C17H26N2O2/c1-4-12-19(15(3)20)13-11-17(21)18(5-2)14-16-9-7-6-8-10-16/h6-10H,4-5,11-14H2,1-3H3. The van der Waals surface area contributed by atoms with Crippen LogP contribution in [-0.2, 0) is 16.1 Å². The van der Waals surface area contributed by atoms with Gasteiger partial charge in [-0.1, -0.05) is 37.3 Å². The molecule has 0 radical (unpaired) electrons. The van der Waals surface area contributed by atoms with E-state index in [1.54, 1.807) is 11.8 Å². The van der Waals surface area contributed by atoms with Gasteiger partial charge in [-0.2, -0.15) is 0 Å². The monoisotopic (exact) mass is 290 g/mol. The lowest BCUT2D eigenvalue weighted by Gasteiger charge is -2.24. The highest BCUT2D eigenvalue weighted by molar-refractivity contribution is 5.78. The highest BCUT2D eigenvalue weighted by atomic mass is 16.2. The van der Waals surface area contributed by atoms with E-state index < -0.39 is 0 Å². The number of rotatable bonds is 8. The van der Waals surface area contributed by atoms with E-state index in [0.29, 0.717) is 32.6 Å². The molecule has 0 bridgehead atoms. The predicted molar refractivity (Wildman–Crippen MR) is 84.7 cm³/mol. The van der Waals surface area contributed by atoms with Crippen molar-refractivity contribution in [1.29, 1.82) is 0 Å². The van der Waals surface area contributed by atoms with Gasteiger partial charge in [0.2, 0.25) is 11.8 Å². The molecular weight excluding hydrogens is 264 g/mol. The molecule has 1 aromatic carbocycles. The second kappa shape index (κ2) is 9.16. The van der Waals surface area contributed by atoms with Crippen molar-refractivity contribution < 1.29 is 9.59 Å². The lowest BCUT2D eigenvalue weighted by molar-refractivity contribution is -0.133. The molecule has 0 aromatic heterocycles. The van der Waals surface area contributed by atoms with E-state index in [1.165, 1.54) is 0 Å². The second-order valence-electron chi connectivity index (χ2n) is 5.15. The van der Waals surface area contributed by atoms with Gasteiger partial charge < -0.3 is 9.80 Å². The Bertz CT molecular complexity index is 445. The molecule has 0 N–H and O–H groups in total. The Labute approximate surface area is 127 Å². The summed E-state index contributed by atoms with van der Waals surface area (Å²) in [7, 11) is 0. The third kappa shape index (κ3) is 5.98. The van der Waals surface area contributed by atoms with Crippen molar-refractivity contribution in [3.05, 3.63) is 35.9 Å². The number of hydrogen-bond acceptors (Lipinski definition) is 2. The molecule has 0 saturated heterocycles. The van der Waals surface area contributed by atoms with E-state index in [0.717, 1.165) is 12.0 Å². The molecule has 21 heavy (non-hydrogen) atoms. The van der Waals surface area contributed by atoms with Crippen LogP contribution in [0.25, 0.3) is 0 Å². The number of hydrogen-bond donors (Lipinski definition) is 0. The Morgan fingerprint density at radius 2 is 1.67 bits per heavy atom. The molecule has 2 amide bonds. The second-order valence-corrected chi connectivity index (χ2v) is 5.15. The van der Waals surface area contributed by atoms with Crippen LogP contribution in [0.15, 0.2) is 30.3 Å². The van der Waals surface area contributed by atoms with Crippen LogP contribution in [0.1, 0.15) is 39.2 Å². The van der Waals surface area contributed by atoms with Crippen molar-refractivity contribution in [2.75, 3.05) is 19.6 Å². The molecule has 0 aliphatic heterocycles. The van der Waals surface area contributed by atoms with Gasteiger partial charge in [0, 0.05) is 39.5 Å². The largest absolute Gasteiger partial charge is 0.342 e. The summed E-state index contributed by atoms with van der Waals surface area (Å²) in [6, 6.07) is 9.97. The van der Waals surface area contributed by atoms with Crippen molar-refractivity contribution in [2.24, 2.45) is 0 Å². The van der Waals surface area contributed by atoms with Gasteiger partial charge in [-0.15, -0.1) is 0 Å². The molecule has 0 unspecified atom stereocenters. The first-order valence-electron chi connectivity index (χ1n) is 7.65. The van der Waals surface area contributed by atoms with E-state index in [9.17, 15) is 9.59 Å². The number of nitrogens with zero attached hydrogens (tertiary/aromatic N) is 2. The maximum Gasteiger partial charge on any atom is 0.224 e. The van der Waals surface area contributed by atoms with Crippen LogP contribution in [0, 0.1) is 0 Å². The number of benzene rings is 1. The summed E-state index contributed by atoms with van der Waals surface area (Å²) in [5, 5.41) is 0. The number of amides is 2. The summed E-state index contributed by atoms with van der Waals surface area (Å²) >= 11 is 0. The normalized spacial score (nSPS) is 10.2. The summed E-state index contributed by atoms with van der Waals surface area (Å²) in [4.78, 5) is 27.4. The van der Waals surface area contributed by atoms with Crippen LogP contribution in [-0.4, -0.2) is 41.2 Å². The third-order valence-corrected chi connectivity index (χ3v) is 3.49. The Morgan fingerprint density at radius 3 is 2.19 bits per heavy atom. The van der Waals surface area contributed by atoms with Crippen LogP contribution in [0.5, 0.6) is 0 Å². The number of carbonyl (C=O) groups is 2. The molecule has 4 nitrogen and oxygen atoms in total. The average Bonchev–Trinajstić information content (AvgIpc) is 2.49. The minimum absolute atomic E-state index is 0.0377. The maximum absolute atomic E-state index is 12.3. The van der Waals surface area contributed by atoms with Gasteiger partial charge >= 0.3 is 0 Å². The Balaban J connectivity index is 2.53. The molecule has 0 fully saturated rings. The average molecular weight is 290 g/mol. The van der Waals surface area contributed by atoms with E-state index in [4.69, 9.17) is 0 Å². The minimum Gasteiger partial charge on any atom is -0.342 e.